The van der Waals surface area contributed by atoms with Crippen LogP contribution in [0.1, 0.15) is 48.0 Å². The molecule has 6 heteroatoms. The van der Waals surface area contributed by atoms with E-state index in [-0.39, 0.29) is 10.8 Å². The molecule has 0 aliphatic heterocycles. The minimum atomic E-state index is -1.24. The molecule has 4 N–H and O–H groups in total. The maximum absolute atomic E-state index is 9.81. The number of ether oxygens (including phenoxy) is 2. The molecule has 6 nitrogen and oxygen atoms in total. The normalized spacial score (nSPS) is 18.8. The lowest BCUT2D eigenvalue weighted by Crippen LogP contribution is -2.43. The van der Waals surface area contributed by atoms with E-state index in [1.807, 2.05) is 0 Å². The Kier molecular flexibility index (Phi) is 9.05. The Morgan fingerprint density at radius 2 is 1.50 bits per heavy atom. The van der Waals surface area contributed by atoms with Crippen LogP contribution >= 0.6 is 0 Å². The molecule has 22 heavy (non-hydrogen) atoms. The summed E-state index contributed by atoms with van der Waals surface area (Å²) in [7, 11) is 0. The van der Waals surface area contributed by atoms with Crippen molar-refractivity contribution in [1.82, 2.24) is 0 Å². The molecule has 0 spiro atoms. The average Bonchev–Trinajstić information content (AvgIpc) is 2.34. The first-order chi connectivity index (χ1) is 9.91. The quantitative estimate of drug-likeness (QED) is 0.446. The average molecular weight is 322 g/mol. The lowest BCUT2D eigenvalue weighted by Gasteiger charge is -2.35. The van der Waals surface area contributed by atoms with Gasteiger partial charge in [-0.2, -0.15) is 0 Å². The second kappa shape index (κ2) is 9.15. The smallest absolute Gasteiger partial charge is 0.186 e. The fourth-order valence-electron chi connectivity index (χ4n) is 2.60. The Bertz CT molecular complexity index is 298. The molecule has 134 valence electrons. The first kappa shape index (κ1) is 21.8. The van der Waals surface area contributed by atoms with Crippen molar-refractivity contribution in [2.24, 2.45) is 10.8 Å². The Morgan fingerprint density at radius 3 is 1.86 bits per heavy atom. The number of rotatable bonds is 10. The van der Waals surface area contributed by atoms with Gasteiger partial charge in [0.05, 0.1) is 25.9 Å². The molecule has 0 aliphatic rings. The van der Waals surface area contributed by atoms with Gasteiger partial charge in [-0.05, 0) is 24.2 Å². The fourth-order valence-corrected chi connectivity index (χ4v) is 2.60. The highest BCUT2D eigenvalue weighted by atomic mass is 16.7. The van der Waals surface area contributed by atoms with E-state index in [9.17, 15) is 15.3 Å². The van der Waals surface area contributed by atoms with Crippen molar-refractivity contribution in [1.29, 1.82) is 0 Å². The molecule has 0 fully saturated rings. The van der Waals surface area contributed by atoms with E-state index in [4.69, 9.17) is 14.6 Å². The van der Waals surface area contributed by atoms with Gasteiger partial charge in [-0.1, -0.05) is 34.6 Å². The Labute approximate surface area is 134 Å². The largest absolute Gasteiger partial charge is 0.394 e. The predicted octanol–water partition coefficient (Wildman–Crippen LogP) is 0.903. The molecular formula is C16H34O6. The first-order valence-corrected chi connectivity index (χ1v) is 7.77. The maximum atomic E-state index is 9.81. The second-order valence-electron chi connectivity index (χ2n) is 7.93. The van der Waals surface area contributed by atoms with Crippen molar-refractivity contribution in [2.75, 3.05) is 19.8 Å². The van der Waals surface area contributed by atoms with Crippen LogP contribution in [0.3, 0.4) is 0 Å². The molecule has 0 amide bonds. The van der Waals surface area contributed by atoms with Crippen LogP contribution < -0.4 is 0 Å². The van der Waals surface area contributed by atoms with Crippen LogP contribution in [0.15, 0.2) is 0 Å². The van der Waals surface area contributed by atoms with E-state index in [2.05, 4.69) is 34.6 Å². The van der Waals surface area contributed by atoms with Gasteiger partial charge in [0.25, 0.3) is 0 Å². The van der Waals surface area contributed by atoms with Gasteiger partial charge < -0.3 is 29.9 Å². The summed E-state index contributed by atoms with van der Waals surface area (Å²) in [5.41, 5.74) is -0.0133. The molecule has 4 unspecified atom stereocenters. The van der Waals surface area contributed by atoms with Crippen molar-refractivity contribution in [3.8, 4) is 0 Å². The van der Waals surface area contributed by atoms with Crippen molar-refractivity contribution in [3.05, 3.63) is 0 Å². The summed E-state index contributed by atoms with van der Waals surface area (Å²) in [5.74, 6) is 0. The molecular weight excluding hydrogens is 288 g/mol. The van der Waals surface area contributed by atoms with Gasteiger partial charge in [-0.3, -0.25) is 0 Å². The van der Waals surface area contributed by atoms with Crippen molar-refractivity contribution < 1.29 is 29.9 Å². The highest BCUT2D eigenvalue weighted by Crippen LogP contribution is 2.33. The number of hydrogen-bond acceptors (Lipinski definition) is 6. The maximum Gasteiger partial charge on any atom is 0.186 e. The minimum Gasteiger partial charge on any atom is -0.394 e. The summed E-state index contributed by atoms with van der Waals surface area (Å²) >= 11 is 0. The van der Waals surface area contributed by atoms with E-state index in [1.54, 1.807) is 0 Å². The lowest BCUT2D eigenvalue weighted by atomic mass is 9.77. The Hall–Kier alpha value is -0.240. The third-order valence-electron chi connectivity index (χ3n) is 3.18. The first-order valence-electron chi connectivity index (χ1n) is 7.77. The third-order valence-corrected chi connectivity index (χ3v) is 3.18. The van der Waals surface area contributed by atoms with Gasteiger partial charge in [0, 0.05) is 0 Å². The summed E-state index contributed by atoms with van der Waals surface area (Å²) in [6.07, 6.45) is -3.22. The lowest BCUT2D eigenvalue weighted by molar-refractivity contribution is -0.248. The molecule has 0 radical (unpaired) electrons. The van der Waals surface area contributed by atoms with E-state index in [0.29, 0.717) is 6.61 Å². The minimum absolute atomic E-state index is 0.131. The zero-order valence-electron chi connectivity index (χ0n) is 14.7. The molecule has 4 atom stereocenters. The summed E-state index contributed by atoms with van der Waals surface area (Å²) in [5, 5.41) is 37.6. The second-order valence-corrected chi connectivity index (χ2v) is 7.93. The predicted molar refractivity (Wildman–Crippen MR) is 84.3 cm³/mol. The van der Waals surface area contributed by atoms with Gasteiger partial charge in [0.1, 0.15) is 12.2 Å². The van der Waals surface area contributed by atoms with E-state index in [0.717, 1.165) is 6.42 Å². The van der Waals surface area contributed by atoms with Crippen molar-refractivity contribution in [3.63, 3.8) is 0 Å². The summed E-state index contributed by atoms with van der Waals surface area (Å²) < 4.78 is 11.0. The molecule has 0 saturated heterocycles. The molecule has 0 aromatic heterocycles. The summed E-state index contributed by atoms with van der Waals surface area (Å²) in [6, 6.07) is 0. The van der Waals surface area contributed by atoms with E-state index >= 15 is 0 Å². The zero-order valence-corrected chi connectivity index (χ0v) is 14.7. The van der Waals surface area contributed by atoms with Crippen LogP contribution in [0.4, 0.5) is 0 Å². The molecule has 0 aromatic carbocycles. The van der Waals surface area contributed by atoms with Gasteiger partial charge in [-0.25, -0.2) is 0 Å². The van der Waals surface area contributed by atoms with Gasteiger partial charge >= 0.3 is 0 Å². The van der Waals surface area contributed by atoms with Crippen LogP contribution in [0, 0.1) is 10.8 Å². The van der Waals surface area contributed by atoms with E-state index in [1.165, 1.54) is 6.92 Å². The highest BCUT2D eigenvalue weighted by molar-refractivity contribution is 4.77. The van der Waals surface area contributed by atoms with Gasteiger partial charge in [0.15, 0.2) is 6.29 Å². The highest BCUT2D eigenvalue weighted by Gasteiger charge is 2.31. The number of aliphatic hydroxyl groups excluding tert-OH is 4. The van der Waals surface area contributed by atoms with Gasteiger partial charge in [-0.15, -0.1) is 0 Å². The number of aliphatic hydroxyl groups is 4. The molecule has 0 saturated carbocycles. The standard InChI is InChI=1S/C16H34O6/c1-11(19)13(8-18)22-14(12(20)7-17)21-10-16(5,6)9-15(2,3)4/h11-14,17-20H,7-10H2,1-6H3. The molecule has 0 aliphatic carbocycles. The topological polar surface area (TPSA) is 99.4 Å². The Balaban J connectivity index is 4.73. The monoisotopic (exact) mass is 322 g/mol. The van der Waals surface area contributed by atoms with Crippen LogP contribution in [-0.4, -0.2) is 64.8 Å². The summed E-state index contributed by atoms with van der Waals surface area (Å²) in [6.45, 7) is 11.4. The number of hydrogen-bond donors (Lipinski definition) is 4. The van der Waals surface area contributed by atoms with Crippen molar-refractivity contribution >= 4 is 0 Å². The Morgan fingerprint density at radius 1 is 0.955 bits per heavy atom. The van der Waals surface area contributed by atoms with Crippen LogP contribution in [0.2, 0.25) is 0 Å². The third kappa shape index (κ3) is 9.02. The van der Waals surface area contributed by atoms with Crippen molar-refractivity contribution in [2.45, 2.75) is 72.6 Å². The summed E-state index contributed by atoms with van der Waals surface area (Å²) in [4.78, 5) is 0. The van der Waals surface area contributed by atoms with Crippen LogP contribution in [-0.2, 0) is 9.47 Å². The molecule has 0 heterocycles. The van der Waals surface area contributed by atoms with Crippen LogP contribution in [0.25, 0.3) is 0 Å². The molecule has 0 rings (SSSR count). The van der Waals surface area contributed by atoms with E-state index < -0.39 is 37.8 Å². The van der Waals surface area contributed by atoms with Gasteiger partial charge in [0.2, 0.25) is 0 Å². The SMILES string of the molecule is CC(O)C(CO)OC(OCC(C)(C)CC(C)(C)C)C(O)CO. The molecule has 0 bridgehead atoms. The zero-order chi connectivity index (χ0) is 17.6. The molecule has 0 aromatic rings. The van der Waals surface area contributed by atoms with Crippen LogP contribution in [0.5, 0.6) is 0 Å². The fraction of sp³-hybridized carbons (Fsp3) is 1.00.